The first kappa shape index (κ1) is 16.5. The monoisotopic (exact) mass is 296 g/mol. The fraction of sp³-hybridized carbons (Fsp3) is 0.400. The van der Waals surface area contributed by atoms with Gasteiger partial charge in [-0.1, -0.05) is 42.5 Å². The van der Waals surface area contributed by atoms with E-state index in [1.807, 2.05) is 30.3 Å². The van der Waals surface area contributed by atoms with Crippen LogP contribution in [0, 0.1) is 0 Å². The number of hydrogen-bond donors (Lipinski definition) is 2. The normalized spacial score (nSPS) is 15.1. The first-order valence-corrected chi connectivity index (χ1v) is 6.48. The van der Waals surface area contributed by atoms with Crippen molar-refractivity contribution in [3.05, 3.63) is 48.0 Å². The number of rotatable bonds is 6. The fourth-order valence-corrected chi connectivity index (χ4v) is 2.43. The molecule has 1 amide bonds. The van der Waals surface area contributed by atoms with Gasteiger partial charge in [0.1, 0.15) is 0 Å². The molecule has 0 aliphatic heterocycles. The smallest absolute Gasteiger partial charge is 0.408 e. The van der Waals surface area contributed by atoms with Gasteiger partial charge < -0.3 is 10.8 Å². The van der Waals surface area contributed by atoms with Crippen molar-refractivity contribution >= 4 is 18.5 Å². The molecule has 1 saturated carbocycles. The molecule has 1 aliphatic carbocycles. The first-order chi connectivity index (χ1) is 9.07. The number of nitrogens with zero attached hydrogens (tertiary/aromatic N) is 1. The maximum Gasteiger partial charge on any atom is 0.408 e. The van der Waals surface area contributed by atoms with Crippen LogP contribution in [0.15, 0.2) is 42.5 Å². The minimum Gasteiger partial charge on any atom is -0.465 e. The Bertz CT molecular complexity index is 472. The minimum atomic E-state index is -0.869. The second-order valence-electron chi connectivity index (χ2n) is 5.21. The highest BCUT2D eigenvalue weighted by atomic mass is 35.5. The lowest BCUT2D eigenvalue weighted by Gasteiger charge is -2.30. The zero-order chi connectivity index (χ0) is 13.9. The summed E-state index contributed by atoms with van der Waals surface area (Å²) in [6.45, 7) is 4.74. The van der Waals surface area contributed by atoms with Crippen LogP contribution in [0.4, 0.5) is 4.79 Å². The molecule has 110 valence electrons. The molecule has 0 bridgehead atoms. The molecule has 4 nitrogen and oxygen atoms in total. The summed E-state index contributed by atoms with van der Waals surface area (Å²) in [6.07, 6.45) is 1.59. The summed E-state index contributed by atoms with van der Waals surface area (Å²) < 4.78 is 0. The predicted octanol–water partition coefficient (Wildman–Crippen LogP) is 3.03. The van der Waals surface area contributed by atoms with Gasteiger partial charge in [0.25, 0.3) is 0 Å². The van der Waals surface area contributed by atoms with Crippen LogP contribution < -0.4 is 5.73 Å². The second-order valence-corrected chi connectivity index (χ2v) is 5.21. The molecule has 0 atom stereocenters. The van der Waals surface area contributed by atoms with E-state index in [4.69, 9.17) is 5.73 Å². The number of hydrogen-bond acceptors (Lipinski definition) is 2. The van der Waals surface area contributed by atoms with Gasteiger partial charge in [0, 0.05) is 13.1 Å². The molecule has 5 heteroatoms. The maximum atomic E-state index is 11.5. The third-order valence-electron chi connectivity index (χ3n) is 3.68. The minimum absolute atomic E-state index is 0. The third-order valence-corrected chi connectivity index (χ3v) is 3.68. The van der Waals surface area contributed by atoms with Crippen LogP contribution in [-0.2, 0) is 6.54 Å². The van der Waals surface area contributed by atoms with Crippen molar-refractivity contribution in [3.63, 3.8) is 0 Å². The van der Waals surface area contributed by atoms with Gasteiger partial charge in [-0.25, -0.2) is 4.79 Å². The molecule has 1 aliphatic rings. The van der Waals surface area contributed by atoms with Crippen molar-refractivity contribution in [3.8, 4) is 0 Å². The van der Waals surface area contributed by atoms with Crippen LogP contribution in [-0.4, -0.2) is 28.2 Å². The van der Waals surface area contributed by atoms with E-state index in [0.717, 1.165) is 24.0 Å². The lowest BCUT2D eigenvalue weighted by atomic mass is 10.0. The van der Waals surface area contributed by atoms with Crippen molar-refractivity contribution in [1.82, 2.24) is 4.90 Å². The SMILES string of the molecule is C=C(CN)CC1(N(Cc2ccccc2)C(=O)O)CC1.Cl. The van der Waals surface area contributed by atoms with Gasteiger partial charge in [-0.3, -0.25) is 4.90 Å². The van der Waals surface area contributed by atoms with Crippen LogP contribution in [0.2, 0.25) is 0 Å². The Labute approximate surface area is 125 Å². The van der Waals surface area contributed by atoms with E-state index >= 15 is 0 Å². The summed E-state index contributed by atoms with van der Waals surface area (Å²) in [6, 6.07) is 9.67. The topological polar surface area (TPSA) is 66.6 Å². The van der Waals surface area contributed by atoms with E-state index in [0.29, 0.717) is 19.5 Å². The summed E-state index contributed by atoms with van der Waals surface area (Å²) in [5.41, 5.74) is 7.21. The van der Waals surface area contributed by atoms with Gasteiger partial charge in [-0.05, 0) is 24.8 Å². The molecular weight excluding hydrogens is 276 g/mol. The lowest BCUT2D eigenvalue weighted by Crippen LogP contribution is -2.41. The Hall–Kier alpha value is -1.52. The largest absolute Gasteiger partial charge is 0.465 e. The van der Waals surface area contributed by atoms with Crippen molar-refractivity contribution < 1.29 is 9.90 Å². The molecule has 0 unspecified atom stereocenters. The summed E-state index contributed by atoms with van der Waals surface area (Å²) >= 11 is 0. The Morgan fingerprint density at radius 1 is 1.35 bits per heavy atom. The standard InChI is InChI=1S/C15H20N2O2.ClH/c1-12(10-16)9-15(7-8-15)17(14(18)19)11-13-5-3-2-4-6-13;/h2-6H,1,7-11,16H2,(H,18,19);1H. The van der Waals surface area contributed by atoms with Gasteiger partial charge in [-0.15, -0.1) is 12.4 Å². The molecule has 1 fully saturated rings. The quantitative estimate of drug-likeness (QED) is 0.793. The summed E-state index contributed by atoms with van der Waals surface area (Å²) in [5, 5.41) is 9.46. The molecule has 0 radical (unpaired) electrons. The van der Waals surface area contributed by atoms with Crippen LogP contribution >= 0.6 is 12.4 Å². The third kappa shape index (κ3) is 3.74. The molecule has 0 spiro atoms. The highest BCUT2D eigenvalue weighted by Crippen LogP contribution is 2.47. The summed E-state index contributed by atoms with van der Waals surface area (Å²) in [4.78, 5) is 13.1. The Morgan fingerprint density at radius 3 is 2.40 bits per heavy atom. The zero-order valence-electron chi connectivity index (χ0n) is 11.4. The summed E-state index contributed by atoms with van der Waals surface area (Å²) in [5.74, 6) is 0. The number of nitrogens with two attached hydrogens (primary N) is 1. The van der Waals surface area contributed by atoms with Gasteiger partial charge in [0.15, 0.2) is 0 Å². The van der Waals surface area contributed by atoms with E-state index in [9.17, 15) is 9.90 Å². The molecule has 3 N–H and O–H groups in total. The van der Waals surface area contributed by atoms with E-state index in [-0.39, 0.29) is 17.9 Å². The highest BCUT2D eigenvalue weighted by molar-refractivity contribution is 5.85. The Balaban J connectivity index is 0.00000200. The van der Waals surface area contributed by atoms with Crippen LogP contribution in [0.5, 0.6) is 0 Å². The van der Waals surface area contributed by atoms with E-state index < -0.39 is 6.09 Å². The molecule has 0 aromatic heterocycles. The first-order valence-electron chi connectivity index (χ1n) is 6.48. The van der Waals surface area contributed by atoms with Gasteiger partial charge in [0.2, 0.25) is 0 Å². The van der Waals surface area contributed by atoms with Crippen LogP contribution in [0.3, 0.4) is 0 Å². The Kier molecular flexibility index (Phi) is 5.60. The van der Waals surface area contributed by atoms with E-state index in [1.165, 1.54) is 0 Å². The molecule has 20 heavy (non-hydrogen) atoms. The van der Waals surface area contributed by atoms with Gasteiger partial charge in [0.05, 0.1) is 5.54 Å². The molecule has 1 aromatic rings. The molecular formula is C15H21ClN2O2. The van der Waals surface area contributed by atoms with E-state index in [2.05, 4.69) is 6.58 Å². The molecule has 1 aromatic carbocycles. The lowest BCUT2D eigenvalue weighted by molar-refractivity contribution is 0.112. The Morgan fingerprint density at radius 2 is 1.95 bits per heavy atom. The predicted molar refractivity (Wildman–Crippen MR) is 82.0 cm³/mol. The van der Waals surface area contributed by atoms with Crippen molar-refractivity contribution in [1.29, 1.82) is 0 Å². The number of carboxylic acid groups (broad SMARTS) is 1. The maximum absolute atomic E-state index is 11.5. The number of amides is 1. The highest BCUT2D eigenvalue weighted by Gasteiger charge is 2.50. The second kappa shape index (κ2) is 6.77. The fourth-order valence-electron chi connectivity index (χ4n) is 2.43. The van der Waals surface area contributed by atoms with Crippen molar-refractivity contribution in [2.75, 3.05) is 6.54 Å². The summed E-state index contributed by atoms with van der Waals surface area (Å²) in [7, 11) is 0. The molecule has 0 heterocycles. The van der Waals surface area contributed by atoms with E-state index in [1.54, 1.807) is 4.90 Å². The zero-order valence-corrected chi connectivity index (χ0v) is 12.2. The van der Waals surface area contributed by atoms with Gasteiger partial charge >= 0.3 is 6.09 Å². The van der Waals surface area contributed by atoms with Crippen LogP contribution in [0.1, 0.15) is 24.8 Å². The number of halogens is 1. The number of carbonyl (C=O) groups is 1. The average Bonchev–Trinajstić information content (AvgIpc) is 3.17. The van der Waals surface area contributed by atoms with Crippen molar-refractivity contribution in [2.24, 2.45) is 5.73 Å². The van der Waals surface area contributed by atoms with Gasteiger partial charge in [-0.2, -0.15) is 0 Å². The number of benzene rings is 1. The molecule has 2 rings (SSSR count). The molecule has 0 saturated heterocycles. The van der Waals surface area contributed by atoms with Crippen molar-refractivity contribution in [2.45, 2.75) is 31.3 Å². The average molecular weight is 297 g/mol. The van der Waals surface area contributed by atoms with Crippen LogP contribution in [0.25, 0.3) is 0 Å².